The second-order valence-electron chi connectivity index (χ2n) is 6.28. The van der Waals surface area contributed by atoms with Crippen LogP contribution in [0.25, 0.3) is 0 Å². The number of amides is 1. The zero-order valence-corrected chi connectivity index (χ0v) is 15.8. The highest BCUT2D eigenvalue weighted by molar-refractivity contribution is 7.15. The van der Waals surface area contributed by atoms with Crippen LogP contribution >= 0.6 is 34.5 Å². The van der Waals surface area contributed by atoms with Crippen molar-refractivity contribution in [3.63, 3.8) is 0 Å². The maximum Gasteiger partial charge on any atom is 0.269 e. The Morgan fingerprint density at radius 2 is 1.96 bits per heavy atom. The van der Waals surface area contributed by atoms with Crippen molar-refractivity contribution in [2.75, 3.05) is 5.32 Å². The molecule has 1 fully saturated rings. The van der Waals surface area contributed by atoms with Crippen LogP contribution in [0.1, 0.15) is 36.8 Å². The normalized spacial score (nSPS) is 19.0. The fourth-order valence-electron chi connectivity index (χ4n) is 2.28. The third-order valence-electron chi connectivity index (χ3n) is 3.77. The number of ether oxygens (including phenoxy) is 1. The van der Waals surface area contributed by atoms with Crippen molar-refractivity contribution >= 4 is 45.6 Å². The van der Waals surface area contributed by atoms with Crippen molar-refractivity contribution in [3.05, 3.63) is 34.8 Å². The van der Waals surface area contributed by atoms with Gasteiger partial charge in [-0.05, 0) is 44.9 Å². The molecule has 3 rings (SSSR count). The second-order valence-corrected chi connectivity index (χ2v) is 9.00. The van der Waals surface area contributed by atoms with Gasteiger partial charge in [0.2, 0.25) is 5.13 Å². The average Bonchev–Trinajstić information content (AvgIpc) is 2.93. The summed E-state index contributed by atoms with van der Waals surface area (Å²) in [6, 6.07) is 7.49. The van der Waals surface area contributed by atoms with Gasteiger partial charge in [-0.15, -0.1) is 33.4 Å². The lowest BCUT2D eigenvalue weighted by atomic mass is 10.1. The summed E-state index contributed by atoms with van der Waals surface area (Å²) in [6.45, 7) is 5.23. The zero-order chi connectivity index (χ0) is 17.5. The van der Waals surface area contributed by atoms with Gasteiger partial charge < -0.3 is 4.74 Å². The van der Waals surface area contributed by atoms with E-state index in [0.717, 1.165) is 17.0 Å². The Hall–Kier alpha value is -1.37. The molecule has 1 amide bonds. The first kappa shape index (κ1) is 17.5. The zero-order valence-electron chi connectivity index (χ0n) is 13.5. The van der Waals surface area contributed by atoms with E-state index < -0.39 is 9.93 Å². The van der Waals surface area contributed by atoms with Crippen molar-refractivity contribution < 1.29 is 9.53 Å². The number of hydrogen-bond donors (Lipinski definition) is 1. The molecule has 2 aromatic rings. The molecule has 1 N–H and O–H groups in total. The molecule has 0 aliphatic heterocycles. The molecule has 24 heavy (non-hydrogen) atoms. The number of carbonyl (C=O) groups is 1. The molecule has 1 aliphatic rings. The van der Waals surface area contributed by atoms with Gasteiger partial charge >= 0.3 is 0 Å². The second kappa shape index (κ2) is 6.17. The highest BCUT2D eigenvalue weighted by Gasteiger charge is 2.52. The Balaban J connectivity index is 1.64. The molecule has 0 saturated heterocycles. The van der Waals surface area contributed by atoms with E-state index in [0.29, 0.717) is 10.9 Å². The summed E-state index contributed by atoms with van der Waals surface area (Å²) in [6.07, 6.45) is 0.755. The highest BCUT2D eigenvalue weighted by Crippen LogP contribution is 2.59. The minimum absolute atomic E-state index is 0.159. The minimum atomic E-state index is -1.05. The number of alkyl halides is 2. The number of rotatable bonds is 5. The SMILES string of the molecule is Cc1nnc(NC(=O)C(C)(C)Oc2ccc(C3CC3(Cl)Cl)cc2)s1. The van der Waals surface area contributed by atoms with Crippen molar-refractivity contribution in [1.29, 1.82) is 0 Å². The van der Waals surface area contributed by atoms with Crippen LogP contribution in [0.5, 0.6) is 5.75 Å². The van der Waals surface area contributed by atoms with E-state index in [2.05, 4.69) is 15.5 Å². The molecule has 5 nitrogen and oxygen atoms in total. The molecule has 1 aromatic carbocycles. The number of aryl methyl sites for hydroxylation is 1. The molecule has 1 atom stereocenters. The summed E-state index contributed by atoms with van der Waals surface area (Å²) in [7, 11) is 0. The predicted octanol–water partition coefficient (Wildman–Crippen LogP) is 4.30. The number of halogens is 2. The molecule has 8 heteroatoms. The van der Waals surface area contributed by atoms with Crippen molar-refractivity contribution in [1.82, 2.24) is 10.2 Å². The molecule has 128 valence electrons. The summed E-state index contributed by atoms with van der Waals surface area (Å²) in [4.78, 5) is 12.4. The quantitative estimate of drug-likeness (QED) is 0.778. The number of nitrogens with zero attached hydrogens (tertiary/aromatic N) is 2. The minimum Gasteiger partial charge on any atom is -0.478 e. The molecule has 0 spiro atoms. The van der Waals surface area contributed by atoms with Gasteiger partial charge in [0.1, 0.15) is 15.1 Å². The van der Waals surface area contributed by atoms with Gasteiger partial charge in [0, 0.05) is 5.92 Å². The average molecular weight is 386 g/mol. The van der Waals surface area contributed by atoms with Gasteiger partial charge in [0.05, 0.1) is 0 Å². The number of nitrogens with one attached hydrogen (secondary N) is 1. The molecule has 1 aromatic heterocycles. The van der Waals surface area contributed by atoms with Crippen LogP contribution in [-0.4, -0.2) is 26.0 Å². The summed E-state index contributed by atoms with van der Waals surface area (Å²) >= 11 is 13.5. The van der Waals surface area contributed by atoms with Crippen LogP contribution in [0.2, 0.25) is 0 Å². The summed E-state index contributed by atoms with van der Waals surface area (Å²) in [5, 5.41) is 11.7. The standard InChI is InChI=1S/C16H17Cl2N3O2S/c1-9-20-21-14(24-9)19-13(22)15(2,3)23-11-6-4-10(5-7-11)12-8-16(12,17)18/h4-7,12H,8H2,1-3H3,(H,19,21,22). The molecular weight excluding hydrogens is 369 g/mol. The Kier molecular flexibility index (Phi) is 4.49. The lowest BCUT2D eigenvalue weighted by Gasteiger charge is -2.24. The van der Waals surface area contributed by atoms with E-state index >= 15 is 0 Å². The van der Waals surface area contributed by atoms with E-state index in [1.54, 1.807) is 13.8 Å². The lowest BCUT2D eigenvalue weighted by molar-refractivity contribution is -0.128. The Morgan fingerprint density at radius 1 is 1.33 bits per heavy atom. The van der Waals surface area contributed by atoms with Crippen molar-refractivity contribution in [3.8, 4) is 5.75 Å². The largest absolute Gasteiger partial charge is 0.478 e. The van der Waals surface area contributed by atoms with Crippen molar-refractivity contribution in [2.24, 2.45) is 0 Å². The van der Waals surface area contributed by atoms with Gasteiger partial charge in [-0.3, -0.25) is 10.1 Å². The third kappa shape index (κ3) is 3.82. The molecule has 1 aliphatic carbocycles. The maximum atomic E-state index is 12.4. The number of aromatic nitrogens is 2. The fraction of sp³-hybridized carbons (Fsp3) is 0.438. The lowest BCUT2D eigenvalue weighted by Crippen LogP contribution is -2.42. The van der Waals surface area contributed by atoms with Crippen LogP contribution in [0.15, 0.2) is 24.3 Å². The molecule has 0 radical (unpaired) electrons. The Bertz CT molecular complexity index is 759. The molecule has 0 bridgehead atoms. The first-order valence-corrected chi connectivity index (χ1v) is 9.03. The van der Waals surface area contributed by atoms with Crippen LogP contribution in [-0.2, 0) is 4.79 Å². The fourth-order valence-corrected chi connectivity index (χ4v) is 3.43. The first-order chi connectivity index (χ1) is 11.2. The van der Waals surface area contributed by atoms with Crippen LogP contribution in [0.4, 0.5) is 5.13 Å². The van der Waals surface area contributed by atoms with Gasteiger partial charge in [0.15, 0.2) is 5.60 Å². The predicted molar refractivity (Wildman–Crippen MR) is 96.2 cm³/mol. The summed E-state index contributed by atoms with van der Waals surface area (Å²) in [5.41, 5.74) is 0.0163. The van der Waals surface area contributed by atoms with Gasteiger partial charge in [-0.1, -0.05) is 23.5 Å². The summed E-state index contributed by atoms with van der Waals surface area (Å²) < 4.78 is 5.18. The Labute approximate surface area is 154 Å². The molecule has 1 unspecified atom stereocenters. The van der Waals surface area contributed by atoms with Crippen LogP contribution in [0.3, 0.4) is 0 Å². The third-order valence-corrected chi connectivity index (χ3v) is 5.36. The number of benzene rings is 1. The van der Waals surface area contributed by atoms with Gasteiger partial charge in [-0.25, -0.2) is 0 Å². The summed E-state index contributed by atoms with van der Waals surface area (Å²) in [5.74, 6) is 0.472. The van der Waals surface area contributed by atoms with E-state index in [-0.39, 0.29) is 11.8 Å². The Morgan fingerprint density at radius 3 is 2.46 bits per heavy atom. The first-order valence-electron chi connectivity index (χ1n) is 7.46. The highest BCUT2D eigenvalue weighted by atomic mass is 35.5. The van der Waals surface area contributed by atoms with Crippen LogP contribution in [0, 0.1) is 6.92 Å². The monoisotopic (exact) mass is 385 g/mol. The number of anilines is 1. The van der Waals surface area contributed by atoms with Gasteiger partial charge in [-0.2, -0.15) is 0 Å². The van der Waals surface area contributed by atoms with Crippen LogP contribution < -0.4 is 10.1 Å². The molecular formula is C16H17Cl2N3O2S. The van der Waals surface area contributed by atoms with E-state index in [9.17, 15) is 4.79 Å². The number of carbonyl (C=O) groups excluding carboxylic acids is 1. The molecule has 1 heterocycles. The smallest absolute Gasteiger partial charge is 0.269 e. The van der Waals surface area contributed by atoms with E-state index in [1.807, 2.05) is 31.2 Å². The van der Waals surface area contributed by atoms with E-state index in [1.165, 1.54) is 11.3 Å². The van der Waals surface area contributed by atoms with E-state index in [4.69, 9.17) is 27.9 Å². The van der Waals surface area contributed by atoms with Gasteiger partial charge in [0.25, 0.3) is 5.91 Å². The van der Waals surface area contributed by atoms with Crippen molar-refractivity contribution in [2.45, 2.75) is 43.0 Å². The molecule has 1 saturated carbocycles. The topological polar surface area (TPSA) is 64.1 Å². The maximum absolute atomic E-state index is 12.4. The number of hydrogen-bond acceptors (Lipinski definition) is 5.